The van der Waals surface area contributed by atoms with Crippen molar-refractivity contribution < 1.29 is 27.6 Å². The van der Waals surface area contributed by atoms with Crippen LogP contribution in [0.3, 0.4) is 0 Å². The summed E-state index contributed by atoms with van der Waals surface area (Å²) in [4.78, 5) is 22.3. The van der Waals surface area contributed by atoms with Crippen molar-refractivity contribution >= 4 is 33.1 Å². The van der Waals surface area contributed by atoms with E-state index in [1.807, 2.05) is 0 Å². The molecule has 0 saturated heterocycles. The third kappa shape index (κ3) is 4.51. The quantitative estimate of drug-likeness (QED) is 0.407. The van der Waals surface area contributed by atoms with Crippen LogP contribution in [0, 0.1) is 10.1 Å². The Morgan fingerprint density at radius 3 is 2.50 bits per heavy atom. The summed E-state index contributed by atoms with van der Waals surface area (Å²) in [6, 6.07) is 6.66. The summed E-state index contributed by atoms with van der Waals surface area (Å²) >= 11 is 3.24. The van der Waals surface area contributed by atoms with Crippen LogP contribution in [0.1, 0.15) is 15.9 Å². The number of hydrogen-bond donors (Lipinski definition) is 1. The van der Waals surface area contributed by atoms with Gasteiger partial charge in [0.15, 0.2) is 5.78 Å². The lowest BCUT2D eigenvalue weighted by atomic mass is 10.1. The summed E-state index contributed by atoms with van der Waals surface area (Å²) in [6.07, 6.45) is -4.70. The van der Waals surface area contributed by atoms with Gasteiger partial charge >= 0.3 is 6.18 Å². The molecule has 0 aliphatic heterocycles. The molecule has 0 aliphatic rings. The van der Waals surface area contributed by atoms with Crippen LogP contribution >= 0.6 is 15.9 Å². The number of ether oxygens (including phenoxy) is 1. The topological polar surface area (TPSA) is 81.5 Å². The molecule has 0 amide bonds. The Morgan fingerprint density at radius 2 is 1.96 bits per heavy atom. The predicted octanol–water partition coefficient (Wildman–Crippen LogP) is 4.68. The van der Waals surface area contributed by atoms with Crippen LogP contribution in [-0.2, 0) is 6.18 Å². The maximum atomic E-state index is 12.7. The molecule has 0 heterocycles. The number of alkyl halides is 3. The smallest absolute Gasteiger partial charge is 0.416 e. The Morgan fingerprint density at radius 1 is 1.27 bits per heavy atom. The van der Waals surface area contributed by atoms with Gasteiger partial charge < -0.3 is 10.1 Å². The highest BCUT2D eigenvalue weighted by Gasteiger charge is 2.33. The molecule has 0 atom stereocenters. The number of nitrogens with one attached hydrogen (secondary N) is 1. The lowest BCUT2D eigenvalue weighted by molar-refractivity contribution is -0.384. The molecule has 0 saturated carbocycles. The number of carbonyl (C=O) groups excluding carboxylic acids is 1. The highest BCUT2D eigenvalue weighted by Crippen LogP contribution is 2.35. The van der Waals surface area contributed by atoms with Gasteiger partial charge in [0.1, 0.15) is 11.4 Å². The van der Waals surface area contributed by atoms with Gasteiger partial charge in [0.05, 0.1) is 28.6 Å². The number of methoxy groups -OCH3 is 1. The molecular formula is C16H12BrF3N2O4. The van der Waals surface area contributed by atoms with E-state index in [0.29, 0.717) is 27.9 Å². The van der Waals surface area contributed by atoms with E-state index in [1.165, 1.54) is 19.2 Å². The van der Waals surface area contributed by atoms with E-state index < -0.39 is 28.1 Å². The largest absolute Gasteiger partial charge is 0.496 e. The summed E-state index contributed by atoms with van der Waals surface area (Å²) in [5.74, 6) is 0.121. The molecular weight excluding hydrogens is 421 g/mol. The fourth-order valence-corrected chi connectivity index (χ4v) is 2.67. The molecule has 0 bridgehead atoms. The van der Waals surface area contributed by atoms with E-state index in [1.54, 1.807) is 6.07 Å². The standard InChI is InChI=1S/C16H12BrF3N2O4/c1-26-15-5-2-9(6-11(15)17)14(23)8-21-12-4-3-10(16(18,19)20)7-13(12)22(24)25/h2-7,21H,8H2,1H3. The van der Waals surface area contributed by atoms with Crippen molar-refractivity contribution in [1.82, 2.24) is 0 Å². The van der Waals surface area contributed by atoms with Crippen molar-refractivity contribution in [3.8, 4) is 5.75 Å². The molecule has 6 nitrogen and oxygen atoms in total. The Bertz CT molecular complexity index is 856. The van der Waals surface area contributed by atoms with E-state index >= 15 is 0 Å². The fourth-order valence-electron chi connectivity index (χ4n) is 2.13. The number of benzene rings is 2. The van der Waals surface area contributed by atoms with Gasteiger partial charge in [0, 0.05) is 11.6 Å². The van der Waals surface area contributed by atoms with Gasteiger partial charge in [0.2, 0.25) is 0 Å². The zero-order valence-electron chi connectivity index (χ0n) is 13.3. The van der Waals surface area contributed by atoms with E-state index in [9.17, 15) is 28.1 Å². The van der Waals surface area contributed by atoms with Crippen molar-refractivity contribution in [2.45, 2.75) is 6.18 Å². The molecule has 0 aliphatic carbocycles. The molecule has 0 aromatic heterocycles. The predicted molar refractivity (Wildman–Crippen MR) is 91.6 cm³/mol. The van der Waals surface area contributed by atoms with Crippen LogP contribution in [0.5, 0.6) is 5.75 Å². The number of hydrogen-bond acceptors (Lipinski definition) is 5. The minimum Gasteiger partial charge on any atom is -0.496 e. The van der Waals surface area contributed by atoms with E-state index in [0.717, 1.165) is 6.07 Å². The van der Waals surface area contributed by atoms with Crippen molar-refractivity contribution in [3.05, 3.63) is 62.1 Å². The van der Waals surface area contributed by atoms with Gasteiger partial charge in [-0.05, 0) is 46.3 Å². The summed E-state index contributed by atoms with van der Waals surface area (Å²) in [5, 5.41) is 13.5. The van der Waals surface area contributed by atoms with Crippen molar-refractivity contribution in [1.29, 1.82) is 0 Å². The number of nitro groups is 1. The Hall–Kier alpha value is -2.62. The van der Waals surface area contributed by atoms with Crippen LogP contribution < -0.4 is 10.1 Å². The highest BCUT2D eigenvalue weighted by atomic mass is 79.9. The molecule has 2 rings (SSSR count). The lowest BCUT2D eigenvalue weighted by Crippen LogP contribution is -2.15. The van der Waals surface area contributed by atoms with Gasteiger partial charge in [-0.3, -0.25) is 14.9 Å². The van der Waals surface area contributed by atoms with Crippen LogP contribution in [0.15, 0.2) is 40.9 Å². The average molecular weight is 433 g/mol. The third-order valence-corrected chi connectivity index (χ3v) is 4.05. The Kier molecular flexibility index (Phi) is 5.86. The number of ketones is 1. The first kappa shape index (κ1) is 19.7. The summed E-state index contributed by atoms with van der Waals surface area (Å²) in [6.45, 7) is -0.328. The van der Waals surface area contributed by atoms with Crippen LogP contribution in [-0.4, -0.2) is 24.4 Å². The second-order valence-corrected chi connectivity index (χ2v) is 5.97. The SMILES string of the molecule is COc1ccc(C(=O)CNc2ccc(C(F)(F)F)cc2[N+](=O)[O-])cc1Br. The van der Waals surface area contributed by atoms with Gasteiger partial charge in [-0.1, -0.05) is 0 Å². The first-order valence-electron chi connectivity index (χ1n) is 7.09. The minimum absolute atomic E-state index is 0.177. The van der Waals surface area contributed by atoms with Gasteiger partial charge in [0.25, 0.3) is 5.69 Å². The number of rotatable bonds is 6. The minimum atomic E-state index is -4.70. The Balaban J connectivity index is 2.19. The third-order valence-electron chi connectivity index (χ3n) is 3.43. The van der Waals surface area contributed by atoms with Crippen molar-refractivity contribution in [2.75, 3.05) is 19.0 Å². The molecule has 1 N–H and O–H groups in total. The molecule has 26 heavy (non-hydrogen) atoms. The zero-order valence-corrected chi connectivity index (χ0v) is 14.8. The molecule has 0 unspecified atom stereocenters. The molecule has 0 fully saturated rings. The number of nitro benzene ring substituents is 1. The summed E-state index contributed by atoms with van der Waals surface area (Å²) < 4.78 is 43.7. The molecule has 10 heteroatoms. The first-order valence-corrected chi connectivity index (χ1v) is 7.89. The second kappa shape index (κ2) is 7.73. The number of anilines is 1. The molecule has 0 radical (unpaired) electrons. The number of halogens is 4. The second-order valence-electron chi connectivity index (χ2n) is 5.11. The fraction of sp³-hybridized carbons (Fsp3) is 0.188. The highest BCUT2D eigenvalue weighted by molar-refractivity contribution is 9.10. The molecule has 2 aromatic rings. The molecule has 138 valence electrons. The maximum absolute atomic E-state index is 12.7. The molecule has 2 aromatic carbocycles. The zero-order chi connectivity index (χ0) is 19.5. The van der Waals surface area contributed by atoms with Crippen molar-refractivity contribution in [3.63, 3.8) is 0 Å². The van der Waals surface area contributed by atoms with Gasteiger partial charge in [-0.25, -0.2) is 0 Å². The average Bonchev–Trinajstić information content (AvgIpc) is 2.58. The van der Waals surface area contributed by atoms with Gasteiger partial charge in [-0.15, -0.1) is 0 Å². The monoisotopic (exact) mass is 432 g/mol. The number of Topliss-reactive ketones (excluding diaryl/α,β-unsaturated/α-hetero) is 1. The van der Waals surface area contributed by atoms with Gasteiger partial charge in [-0.2, -0.15) is 13.2 Å². The van der Waals surface area contributed by atoms with E-state index in [-0.39, 0.29) is 12.2 Å². The maximum Gasteiger partial charge on any atom is 0.416 e. The van der Waals surface area contributed by atoms with Crippen LogP contribution in [0.2, 0.25) is 0 Å². The summed E-state index contributed by atoms with van der Waals surface area (Å²) in [7, 11) is 1.47. The lowest BCUT2D eigenvalue weighted by Gasteiger charge is -2.11. The number of carbonyl (C=O) groups is 1. The van der Waals surface area contributed by atoms with Crippen LogP contribution in [0.25, 0.3) is 0 Å². The summed E-state index contributed by atoms with van der Waals surface area (Å²) in [5.41, 5.74) is -1.77. The normalized spacial score (nSPS) is 11.1. The van der Waals surface area contributed by atoms with Crippen LogP contribution in [0.4, 0.5) is 24.5 Å². The van der Waals surface area contributed by atoms with E-state index in [2.05, 4.69) is 21.2 Å². The number of nitrogens with zero attached hydrogens (tertiary/aromatic N) is 1. The molecule has 0 spiro atoms. The first-order chi connectivity index (χ1) is 12.1. The van der Waals surface area contributed by atoms with E-state index in [4.69, 9.17) is 4.74 Å². The van der Waals surface area contributed by atoms with Crippen molar-refractivity contribution in [2.24, 2.45) is 0 Å². The Labute approximate surface area is 154 Å².